The van der Waals surface area contributed by atoms with E-state index in [-0.39, 0.29) is 17.2 Å². The van der Waals surface area contributed by atoms with Crippen molar-refractivity contribution >= 4 is 29.2 Å². The molecule has 10 heteroatoms. The minimum absolute atomic E-state index is 0.158. The number of phenols is 1. The van der Waals surface area contributed by atoms with E-state index in [1.165, 1.54) is 0 Å². The molecule has 7 rings (SSSR count). The first-order valence-corrected chi connectivity index (χ1v) is 14.0. The Morgan fingerprint density at radius 3 is 2.66 bits per heavy atom. The number of amides is 1. The van der Waals surface area contributed by atoms with E-state index in [9.17, 15) is 19.1 Å². The highest BCUT2D eigenvalue weighted by Crippen LogP contribution is 2.36. The molecule has 3 heterocycles. The Bertz CT molecular complexity index is 2090. The molecule has 0 fully saturated rings. The van der Waals surface area contributed by atoms with Crippen LogP contribution in [0.3, 0.4) is 0 Å². The molecule has 0 saturated heterocycles. The topological polar surface area (TPSA) is 136 Å². The summed E-state index contributed by atoms with van der Waals surface area (Å²) in [6.07, 6.45) is 3.29. The molecule has 6 aromatic rings. The van der Waals surface area contributed by atoms with Crippen molar-refractivity contribution in [2.24, 2.45) is 0 Å². The van der Waals surface area contributed by atoms with Crippen LogP contribution in [0.25, 0.3) is 39.5 Å². The molecule has 3 aromatic heterocycles. The van der Waals surface area contributed by atoms with Gasteiger partial charge in [-0.25, -0.2) is 19.3 Å². The molecule has 0 bridgehead atoms. The van der Waals surface area contributed by atoms with Gasteiger partial charge in [-0.15, -0.1) is 0 Å². The number of fused-ring (bicyclic) bond motifs is 2. The number of phenolic OH excluding ortho intramolecular Hbond substituents is 1. The van der Waals surface area contributed by atoms with Gasteiger partial charge in [0.05, 0.1) is 28.4 Å². The lowest BCUT2D eigenvalue weighted by molar-refractivity contribution is 0.0932. The molecule has 1 atom stereocenters. The predicted octanol–water partition coefficient (Wildman–Crippen LogP) is 5.81. The molecule has 216 valence electrons. The van der Waals surface area contributed by atoms with Gasteiger partial charge in [0.1, 0.15) is 22.9 Å². The first-order valence-electron chi connectivity index (χ1n) is 14.0. The molecule has 44 heavy (non-hydrogen) atoms. The van der Waals surface area contributed by atoms with Crippen LogP contribution >= 0.6 is 0 Å². The second-order valence-electron chi connectivity index (χ2n) is 10.6. The zero-order valence-electron chi connectivity index (χ0n) is 23.2. The van der Waals surface area contributed by atoms with E-state index in [1.54, 1.807) is 6.20 Å². The summed E-state index contributed by atoms with van der Waals surface area (Å²) >= 11 is 0. The molecule has 3 aromatic carbocycles. The fourth-order valence-electron chi connectivity index (χ4n) is 5.74. The molecule has 1 aliphatic carbocycles. The third-order valence-electron chi connectivity index (χ3n) is 7.91. The average Bonchev–Trinajstić information content (AvgIpc) is 3.62. The van der Waals surface area contributed by atoms with E-state index >= 15 is 0 Å². The number of aromatic nitrogens is 4. The van der Waals surface area contributed by atoms with Gasteiger partial charge < -0.3 is 16.2 Å². The number of aldehydes is 1. The van der Waals surface area contributed by atoms with E-state index < -0.39 is 17.5 Å². The summed E-state index contributed by atoms with van der Waals surface area (Å²) in [5.41, 5.74) is 12.4. The Kier molecular flexibility index (Phi) is 6.58. The Balaban J connectivity index is 1.29. The minimum Gasteiger partial charge on any atom is -0.507 e. The number of carbonyl (C=O) groups excluding carboxylic acids is 2. The van der Waals surface area contributed by atoms with Crippen LogP contribution in [0.1, 0.15) is 44.3 Å². The Hall–Kier alpha value is -5.90. The van der Waals surface area contributed by atoms with E-state index in [0.717, 1.165) is 40.2 Å². The summed E-state index contributed by atoms with van der Waals surface area (Å²) in [7, 11) is 0. The van der Waals surface area contributed by atoms with Gasteiger partial charge in [0.2, 0.25) is 0 Å². The van der Waals surface area contributed by atoms with Gasteiger partial charge in [0, 0.05) is 23.5 Å². The van der Waals surface area contributed by atoms with Crippen LogP contribution in [0.15, 0.2) is 91.1 Å². The Morgan fingerprint density at radius 2 is 1.86 bits per heavy atom. The molecule has 0 radical (unpaired) electrons. The van der Waals surface area contributed by atoms with Gasteiger partial charge in [-0.2, -0.15) is 0 Å². The van der Waals surface area contributed by atoms with Crippen molar-refractivity contribution in [3.05, 3.63) is 119 Å². The number of nitrogens with one attached hydrogen (secondary N) is 1. The maximum atomic E-state index is 14.5. The second-order valence-corrected chi connectivity index (χ2v) is 10.6. The summed E-state index contributed by atoms with van der Waals surface area (Å²) in [6, 6.07) is 24.8. The fraction of sp³-hybridized carbons (Fsp3) is 0.0882. The van der Waals surface area contributed by atoms with Crippen LogP contribution in [0.5, 0.6) is 5.75 Å². The van der Waals surface area contributed by atoms with E-state index in [0.29, 0.717) is 47.5 Å². The number of pyridine rings is 2. The van der Waals surface area contributed by atoms with Crippen LogP contribution in [0.4, 0.5) is 10.2 Å². The summed E-state index contributed by atoms with van der Waals surface area (Å²) in [5, 5.41) is 12.6. The number of anilines is 1. The predicted molar refractivity (Wildman–Crippen MR) is 164 cm³/mol. The van der Waals surface area contributed by atoms with Crippen molar-refractivity contribution in [3.63, 3.8) is 0 Å². The highest BCUT2D eigenvalue weighted by atomic mass is 19.1. The van der Waals surface area contributed by atoms with E-state index in [1.807, 2.05) is 77.4 Å². The first-order chi connectivity index (χ1) is 21.4. The minimum atomic E-state index is -0.907. The van der Waals surface area contributed by atoms with Gasteiger partial charge in [-0.1, -0.05) is 36.4 Å². The molecule has 9 nitrogen and oxygen atoms in total. The van der Waals surface area contributed by atoms with Crippen molar-refractivity contribution < 1.29 is 19.1 Å². The monoisotopic (exact) mass is 584 g/mol. The smallest absolute Gasteiger partial charge is 0.254 e. The quantitative estimate of drug-likeness (QED) is 0.210. The Labute approximate surface area is 250 Å². The third kappa shape index (κ3) is 4.62. The molecule has 1 amide bonds. The molecular formula is C34H25FN6O3. The second kappa shape index (κ2) is 10.7. The maximum absolute atomic E-state index is 14.5. The Morgan fingerprint density at radius 1 is 1.02 bits per heavy atom. The molecule has 0 spiro atoms. The van der Waals surface area contributed by atoms with Gasteiger partial charge >= 0.3 is 0 Å². The molecule has 1 aliphatic rings. The zero-order valence-corrected chi connectivity index (χ0v) is 23.2. The van der Waals surface area contributed by atoms with Gasteiger partial charge in [0.25, 0.3) is 5.91 Å². The number of carbonyl (C=O) groups is 2. The summed E-state index contributed by atoms with van der Waals surface area (Å²) < 4.78 is 16.5. The van der Waals surface area contributed by atoms with Crippen LogP contribution < -0.4 is 11.1 Å². The van der Waals surface area contributed by atoms with Crippen molar-refractivity contribution in [2.45, 2.75) is 18.9 Å². The molecule has 0 saturated carbocycles. The zero-order chi connectivity index (χ0) is 30.4. The number of hydrogen-bond acceptors (Lipinski definition) is 7. The fourth-order valence-corrected chi connectivity index (χ4v) is 5.74. The number of imidazole rings is 1. The largest absolute Gasteiger partial charge is 0.507 e. The number of aryl methyl sites for hydroxylation is 1. The van der Waals surface area contributed by atoms with Crippen LogP contribution in [-0.2, 0) is 6.42 Å². The number of rotatable bonds is 6. The molecule has 0 unspecified atom stereocenters. The van der Waals surface area contributed by atoms with Gasteiger partial charge in [0.15, 0.2) is 17.8 Å². The first kappa shape index (κ1) is 27.0. The lowest BCUT2D eigenvalue weighted by Gasteiger charge is -2.16. The summed E-state index contributed by atoms with van der Waals surface area (Å²) in [6.45, 7) is 0. The van der Waals surface area contributed by atoms with E-state index in [4.69, 9.17) is 15.7 Å². The highest BCUT2D eigenvalue weighted by Gasteiger charge is 2.27. The van der Waals surface area contributed by atoms with Gasteiger partial charge in [-0.05, 0) is 66.4 Å². The van der Waals surface area contributed by atoms with Crippen molar-refractivity contribution in [1.82, 2.24) is 24.8 Å². The number of nitrogens with two attached hydrogens (primary N) is 1. The average molecular weight is 585 g/mol. The number of nitrogen functional groups attached to an aromatic ring is 1. The number of benzene rings is 3. The number of nitrogens with zero attached hydrogens (tertiary/aromatic N) is 4. The van der Waals surface area contributed by atoms with Crippen molar-refractivity contribution in [3.8, 4) is 34.1 Å². The normalized spacial score (nSPS) is 14.0. The van der Waals surface area contributed by atoms with Crippen LogP contribution in [0, 0.1) is 5.82 Å². The maximum Gasteiger partial charge on any atom is 0.254 e. The number of hydrogen-bond donors (Lipinski definition) is 3. The lowest BCUT2D eigenvalue weighted by atomic mass is 10.1. The lowest BCUT2D eigenvalue weighted by Crippen LogP contribution is -2.28. The third-order valence-corrected chi connectivity index (χ3v) is 7.91. The van der Waals surface area contributed by atoms with Crippen LogP contribution in [-0.4, -0.2) is 36.8 Å². The molecular weight excluding hydrogens is 559 g/mol. The summed E-state index contributed by atoms with van der Waals surface area (Å²) in [4.78, 5) is 38.4. The molecule has 0 aliphatic heterocycles. The summed E-state index contributed by atoms with van der Waals surface area (Å²) in [5.74, 6) is -1.15. The van der Waals surface area contributed by atoms with Crippen molar-refractivity contribution in [1.29, 1.82) is 0 Å². The van der Waals surface area contributed by atoms with Gasteiger partial charge in [-0.3, -0.25) is 14.2 Å². The van der Waals surface area contributed by atoms with Crippen molar-refractivity contribution in [2.75, 3.05) is 5.73 Å². The van der Waals surface area contributed by atoms with E-state index in [2.05, 4.69) is 10.3 Å². The number of aromatic hydroxyl groups is 1. The number of halogens is 1. The highest BCUT2D eigenvalue weighted by molar-refractivity contribution is 5.97. The van der Waals surface area contributed by atoms with Crippen LogP contribution in [0.2, 0.25) is 0 Å². The SMILES string of the molecule is Nc1ncccc1-c1nc2ccc(-c3ccccc3)nc2n1-c1ccc2c(c1)CC[C@@H]2NC(=O)c1cc(C=O)c(O)cc1F. The standard InChI is InChI=1S/C34H25FN6O3/c35-26-17-30(43)21(18-42)16-25(26)34(44)40-28-11-8-20-15-22(9-10-23(20)28)41-32(24-7-4-14-37-31(24)36)39-29-13-12-27(38-33(29)41)19-5-2-1-3-6-19/h1-7,9-10,12-18,28,43H,8,11H2,(H2,36,37)(H,40,44)/t28-/m0/s1. The molecule has 4 N–H and O–H groups in total.